The van der Waals surface area contributed by atoms with Crippen LogP contribution in [0.5, 0.6) is 5.88 Å². The van der Waals surface area contributed by atoms with Gasteiger partial charge >= 0.3 is 6.18 Å². The summed E-state index contributed by atoms with van der Waals surface area (Å²) in [5, 5.41) is 9.21. The first kappa shape index (κ1) is 18.4. The largest absolute Gasteiger partial charge is 0.476 e. The van der Waals surface area contributed by atoms with Crippen molar-refractivity contribution in [3.05, 3.63) is 35.5 Å². The Kier molecular flexibility index (Phi) is 4.75. The van der Waals surface area contributed by atoms with Crippen LogP contribution >= 0.6 is 0 Å². The molecule has 0 bridgehead atoms. The van der Waals surface area contributed by atoms with E-state index in [1.165, 1.54) is 6.20 Å². The molecule has 2 fully saturated rings. The predicted octanol–water partition coefficient (Wildman–Crippen LogP) is 2.94. The number of hydrogen-bond acceptors (Lipinski definition) is 7. The lowest BCUT2D eigenvalue weighted by atomic mass is 10.1. The summed E-state index contributed by atoms with van der Waals surface area (Å²) in [6, 6.07) is 2.04. The molecule has 0 aromatic carbocycles. The van der Waals surface area contributed by atoms with E-state index >= 15 is 0 Å². The van der Waals surface area contributed by atoms with E-state index < -0.39 is 11.7 Å². The van der Waals surface area contributed by atoms with Gasteiger partial charge in [-0.2, -0.15) is 23.4 Å². The number of alkyl halides is 3. The van der Waals surface area contributed by atoms with Gasteiger partial charge in [0.1, 0.15) is 17.5 Å². The van der Waals surface area contributed by atoms with Crippen LogP contribution in [0.25, 0.3) is 0 Å². The highest BCUT2D eigenvalue weighted by Gasteiger charge is 2.32. The molecule has 7 nitrogen and oxygen atoms in total. The first-order chi connectivity index (χ1) is 13.4. The lowest BCUT2D eigenvalue weighted by molar-refractivity contribution is -0.138. The second-order valence-corrected chi connectivity index (χ2v) is 7.01. The average Bonchev–Trinajstić information content (AvgIpc) is 3.43. The van der Waals surface area contributed by atoms with Crippen LogP contribution in [-0.2, 0) is 6.18 Å². The number of ether oxygens (including phenoxy) is 1. The molecule has 1 aliphatic carbocycles. The van der Waals surface area contributed by atoms with Crippen LogP contribution in [0.1, 0.15) is 42.1 Å². The first-order valence-corrected chi connectivity index (χ1v) is 8.98. The fourth-order valence-corrected chi connectivity index (χ4v) is 3.08. The molecule has 146 valence electrons. The Labute approximate surface area is 159 Å². The Morgan fingerprint density at radius 2 is 1.89 bits per heavy atom. The van der Waals surface area contributed by atoms with E-state index in [2.05, 4.69) is 19.9 Å². The van der Waals surface area contributed by atoms with Crippen LogP contribution in [0, 0.1) is 17.2 Å². The zero-order valence-corrected chi connectivity index (χ0v) is 14.9. The van der Waals surface area contributed by atoms with Gasteiger partial charge in [-0.25, -0.2) is 15.0 Å². The van der Waals surface area contributed by atoms with Crippen molar-refractivity contribution in [1.82, 2.24) is 19.9 Å². The Balaban J connectivity index is 1.36. The van der Waals surface area contributed by atoms with Crippen molar-refractivity contribution in [2.75, 3.05) is 24.6 Å². The Morgan fingerprint density at radius 1 is 1.14 bits per heavy atom. The average molecular weight is 390 g/mol. The van der Waals surface area contributed by atoms with Crippen molar-refractivity contribution >= 4 is 5.95 Å². The monoisotopic (exact) mass is 390 g/mol. The summed E-state index contributed by atoms with van der Waals surface area (Å²) in [7, 11) is 0. The molecule has 4 rings (SSSR count). The third-order valence-electron chi connectivity index (χ3n) is 4.83. The van der Waals surface area contributed by atoms with Crippen molar-refractivity contribution in [3.63, 3.8) is 0 Å². The normalized spacial score (nSPS) is 19.5. The number of rotatable bonds is 5. The summed E-state index contributed by atoms with van der Waals surface area (Å²) in [6.07, 6.45) is 1.53. The van der Waals surface area contributed by atoms with E-state index in [-0.39, 0.29) is 11.9 Å². The number of hydrogen-bond donors (Lipinski definition) is 0. The molecule has 1 saturated carbocycles. The first-order valence-electron chi connectivity index (χ1n) is 8.98. The predicted molar refractivity (Wildman–Crippen MR) is 91.6 cm³/mol. The van der Waals surface area contributed by atoms with Crippen LogP contribution in [-0.4, -0.2) is 39.6 Å². The smallest absolute Gasteiger partial charge is 0.419 e. The van der Waals surface area contributed by atoms with Crippen LogP contribution < -0.4 is 9.64 Å². The third kappa shape index (κ3) is 3.98. The van der Waals surface area contributed by atoms with Crippen LogP contribution in [0.2, 0.25) is 0 Å². The van der Waals surface area contributed by atoms with E-state index in [0.29, 0.717) is 42.9 Å². The molecule has 0 spiro atoms. The molecule has 28 heavy (non-hydrogen) atoms. The summed E-state index contributed by atoms with van der Waals surface area (Å²) >= 11 is 0. The zero-order valence-electron chi connectivity index (χ0n) is 14.9. The zero-order chi connectivity index (χ0) is 19.7. The van der Waals surface area contributed by atoms with Gasteiger partial charge < -0.3 is 9.64 Å². The van der Waals surface area contributed by atoms with Gasteiger partial charge in [-0.3, -0.25) is 0 Å². The SMILES string of the molecule is N#Cc1cnc(C2CC2)nc1OC[C@H]1CCN(c2ncc(C(F)(F)F)cn2)C1. The minimum atomic E-state index is -4.45. The molecule has 1 saturated heterocycles. The van der Waals surface area contributed by atoms with Gasteiger partial charge in [0.15, 0.2) is 0 Å². The molecule has 0 amide bonds. The van der Waals surface area contributed by atoms with Gasteiger partial charge in [-0.05, 0) is 19.3 Å². The highest BCUT2D eigenvalue weighted by molar-refractivity contribution is 5.37. The van der Waals surface area contributed by atoms with Gasteiger partial charge in [0.05, 0.1) is 18.4 Å². The fourth-order valence-electron chi connectivity index (χ4n) is 3.08. The molecule has 2 aromatic rings. The highest BCUT2D eigenvalue weighted by atomic mass is 19.4. The van der Waals surface area contributed by atoms with Gasteiger partial charge in [0, 0.05) is 37.3 Å². The minimum Gasteiger partial charge on any atom is -0.476 e. The van der Waals surface area contributed by atoms with Crippen LogP contribution in [0.15, 0.2) is 18.6 Å². The topological polar surface area (TPSA) is 87.8 Å². The molecule has 2 aliphatic rings. The Hall–Kier alpha value is -2.96. The summed E-state index contributed by atoms with van der Waals surface area (Å²) < 4.78 is 43.7. The summed E-state index contributed by atoms with van der Waals surface area (Å²) in [4.78, 5) is 18.1. The van der Waals surface area contributed by atoms with Gasteiger partial charge in [0.2, 0.25) is 11.8 Å². The minimum absolute atomic E-state index is 0.136. The van der Waals surface area contributed by atoms with Gasteiger partial charge in [0.25, 0.3) is 0 Å². The second-order valence-electron chi connectivity index (χ2n) is 7.01. The molecule has 3 heterocycles. The van der Waals surface area contributed by atoms with Gasteiger partial charge in [-0.1, -0.05) is 0 Å². The Morgan fingerprint density at radius 3 is 2.54 bits per heavy atom. The molecule has 0 N–H and O–H groups in total. The summed E-state index contributed by atoms with van der Waals surface area (Å²) in [5.41, 5.74) is -0.570. The maximum absolute atomic E-state index is 12.6. The molecule has 1 aliphatic heterocycles. The van der Waals surface area contributed by atoms with Crippen molar-refractivity contribution in [2.24, 2.45) is 5.92 Å². The standard InChI is InChI=1S/C18H17F3N6O/c19-18(20,21)14-7-24-17(25-8-14)27-4-3-11(9-27)10-28-16-13(5-22)6-23-15(26-16)12-1-2-12/h6-8,11-12H,1-4,9-10H2/t11-/m0/s1. The molecular formula is C18H17F3N6O. The van der Waals surface area contributed by atoms with Crippen molar-refractivity contribution < 1.29 is 17.9 Å². The van der Waals surface area contributed by atoms with Crippen molar-refractivity contribution in [3.8, 4) is 11.9 Å². The highest BCUT2D eigenvalue weighted by Crippen LogP contribution is 2.38. The van der Waals surface area contributed by atoms with E-state index in [4.69, 9.17) is 4.74 Å². The molecule has 2 aromatic heterocycles. The summed E-state index contributed by atoms with van der Waals surface area (Å²) in [5.74, 6) is 1.76. The number of aromatic nitrogens is 4. The van der Waals surface area contributed by atoms with Crippen molar-refractivity contribution in [1.29, 1.82) is 5.26 Å². The maximum Gasteiger partial charge on any atom is 0.419 e. The maximum atomic E-state index is 12.6. The van der Waals surface area contributed by atoms with E-state index in [1.807, 2.05) is 11.0 Å². The van der Waals surface area contributed by atoms with Gasteiger partial charge in [-0.15, -0.1) is 0 Å². The summed E-state index contributed by atoms with van der Waals surface area (Å²) in [6.45, 7) is 1.54. The number of nitriles is 1. The van der Waals surface area contributed by atoms with E-state index in [9.17, 15) is 18.4 Å². The van der Waals surface area contributed by atoms with E-state index in [0.717, 1.165) is 31.7 Å². The lowest BCUT2D eigenvalue weighted by Crippen LogP contribution is -2.24. The molecule has 0 radical (unpaired) electrons. The molecule has 1 atom stereocenters. The quantitative estimate of drug-likeness (QED) is 0.776. The van der Waals surface area contributed by atoms with E-state index in [1.54, 1.807) is 0 Å². The number of halogens is 3. The molecule has 10 heteroatoms. The fraction of sp³-hybridized carbons (Fsp3) is 0.500. The third-order valence-corrected chi connectivity index (χ3v) is 4.83. The van der Waals surface area contributed by atoms with Crippen LogP contribution in [0.4, 0.5) is 19.1 Å². The lowest BCUT2D eigenvalue weighted by Gasteiger charge is -2.17. The number of nitrogens with zero attached hydrogens (tertiary/aromatic N) is 6. The van der Waals surface area contributed by atoms with Crippen molar-refractivity contribution in [2.45, 2.75) is 31.4 Å². The number of anilines is 1. The Bertz CT molecular complexity index is 892. The second kappa shape index (κ2) is 7.22. The molecule has 0 unspecified atom stereocenters. The van der Waals surface area contributed by atoms with Crippen LogP contribution in [0.3, 0.4) is 0 Å². The molecular weight excluding hydrogens is 373 g/mol.